The summed E-state index contributed by atoms with van der Waals surface area (Å²) < 4.78 is 6.24. The monoisotopic (exact) mass is 314 g/mol. The second-order valence-corrected chi connectivity index (χ2v) is 5.23. The van der Waals surface area contributed by atoms with Crippen molar-refractivity contribution in [1.82, 2.24) is 9.88 Å². The quantitative estimate of drug-likeness (QED) is 0.511. The summed E-state index contributed by atoms with van der Waals surface area (Å²) in [4.78, 5) is 36.0. The minimum atomic E-state index is -0.735. The van der Waals surface area contributed by atoms with E-state index in [2.05, 4.69) is 5.32 Å². The molecular weight excluding hydrogens is 296 g/mol. The lowest BCUT2D eigenvalue weighted by molar-refractivity contribution is -0.117. The largest absolute Gasteiger partial charge is 0.462 e. The summed E-state index contributed by atoms with van der Waals surface area (Å²) in [5, 5.41) is 2.59. The van der Waals surface area contributed by atoms with Crippen LogP contribution in [0.5, 0.6) is 0 Å². The summed E-state index contributed by atoms with van der Waals surface area (Å²) >= 11 is 6.08. The van der Waals surface area contributed by atoms with Crippen molar-refractivity contribution < 1.29 is 19.1 Å². The van der Waals surface area contributed by atoms with Crippen molar-refractivity contribution in [3.8, 4) is 0 Å². The molecule has 0 saturated carbocycles. The summed E-state index contributed by atoms with van der Waals surface area (Å²) in [6.45, 7) is 6.93. The molecule has 1 aromatic heterocycles. The zero-order chi connectivity index (χ0) is 16.3. The van der Waals surface area contributed by atoms with Crippen molar-refractivity contribution in [1.29, 1.82) is 0 Å². The van der Waals surface area contributed by atoms with Gasteiger partial charge in [-0.25, -0.2) is 4.79 Å². The molecule has 0 aliphatic rings. The maximum Gasteiger partial charge on any atom is 0.341 e. The summed E-state index contributed by atoms with van der Waals surface area (Å²) in [6.07, 6.45) is 0. The molecule has 0 aliphatic carbocycles. The van der Waals surface area contributed by atoms with Crippen molar-refractivity contribution in [2.24, 2.45) is 7.05 Å². The predicted molar refractivity (Wildman–Crippen MR) is 78.7 cm³/mol. The Morgan fingerprint density at radius 2 is 1.90 bits per heavy atom. The lowest BCUT2D eigenvalue weighted by atomic mass is 10.1. The molecule has 1 aromatic rings. The number of Topliss-reactive ketones (excluding diaryl/α,β-unsaturated/α-hetero) is 1. The maximum absolute atomic E-state index is 12.2. The van der Waals surface area contributed by atoms with Gasteiger partial charge in [-0.2, -0.15) is 0 Å². The molecule has 116 valence electrons. The Hall–Kier alpha value is -1.82. The fourth-order valence-electron chi connectivity index (χ4n) is 1.99. The number of halogens is 1. The van der Waals surface area contributed by atoms with Crippen LogP contribution in [0.4, 0.5) is 0 Å². The first kappa shape index (κ1) is 17.2. The number of hydrogen-bond donors (Lipinski definition) is 1. The molecule has 0 spiro atoms. The van der Waals surface area contributed by atoms with Crippen LogP contribution in [-0.2, 0) is 16.6 Å². The average Bonchev–Trinajstić information content (AvgIpc) is 2.59. The number of nitrogens with zero attached hydrogens (tertiary/aromatic N) is 1. The molecule has 0 fully saturated rings. The Bertz CT molecular complexity index is 590. The molecule has 7 heteroatoms. The number of rotatable bonds is 5. The maximum atomic E-state index is 12.2. The normalized spacial score (nSPS) is 10.6. The van der Waals surface area contributed by atoms with Gasteiger partial charge in [0.1, 0.15) is 10.7 Å². The highest BCUT2D eigenvalue weighted by Gasteiger charge is 2.30. The summed E-state index contributed by atoms with van der Waals surface area (Å²) in [6, 6.07) is -0.165. The van der Waals surface area contributed by atoms with E-state index in [0.717, 1.165) is 0 Å². The molecule has 6 nitrogen and oxygen atoms in total. The second-order valence-electron chi connectivity index (χ2n) is 4.88. The van der Waals surface area contributed by atoms with Gasteiger partial charge < -0.3 is 14.6 Å². The molecular formula is C14H19ClN2O4. The van der Waals surface area contributed by atoms with E-state index >= 15 is 0 Å². The Labute approximate surface area is 128 Å². The average molecular weight is 315 g/mol. The molecule has 0 unspecified atom stereocenters. The number of carbonyl (C=O) groups excluding carboxylic acids is 3. The molecule has 0 saturated heterocycles. The molecule has 0 radical (unpaired) electrons. The van der Waals surface area contributed by atoms with Crippen LogP contribution in [-0.4, -0.2) is 34.9 Å². The Kier molecular flexibility index (Phi) is 5.54. The molecule has 0 aromatic carbocycles. The van der Waals surface area contributed by atoms with E-state index < -0.39 is 17.7 Å². The van der Waals surface area contributed by atoms with Gasteiger partial charge in [0, 0.05) is 13.1 Å². The molecule has 1 rings (SSSR count). The summed E-state index contributed by atoms with van der Waals surface area (Å²) in [5.41, 5.74) is 0.535. The highest BCUT2D eigenvalue weighted by atomic mass is 35.5. The minimum absolute atomic E-state index is 0.0756. The Balaban J connectivity index is 3.27. The van der Waals surface area contributed by atoms with Crippen molar-refractivity contribution >= 4 is 29.3 Å². The summed E-state index contributed by atoms with van der Waals surface area (Å²) in [5.74, 6) is -2.08. The SMILES string of the molecule is CCOC(=O)c1c(C)c(C(=O)C(=O)NC(C)C)n(C)c1Cl. The molecule has 0 bridgehead atoms. The number of nitrogens with one attached hydrogen (secondary N) is 1. The number of aromatic nitrogens is 1. The van der Waals surface area contributed by atoms with Crippen LogP contribution in [0.25, 0.3) is 0 Å². The number of carbonyl (C=O) groups is 3. The van der Waals surface area contributed by atoms with Gasteiger partial charge in [-0.05, 0) is 33.3 Å². The van der Waals surface area contributed by atoms with E-state index in [1.807, 2.05) is 0 Å². The van der Waals surface area contributed by atoms with Gasteiger partial charge in [0.25, 0.3) is 11.7 Å². The van der Waals surface area contributed by atoms with Crippen LogP contribution >= 0.6 is 11.6 Å². The number of ether oxygens (including phenoxy) is 1. The predicted octanol–water partition coefficient (Wildman–Crippen LogP) is 1.87. The van der Waals surface area contributed by atoms with Crippen LogP contribution in [0, 0.1) is 6.92 Å². The lowest BCUT2D eigenvalue weighted by Gasteiger charge is -2.08. The minimum Gasteiger partial charge on any atom is -0.462 e. The third kappa shape index (κ3) is 3.44. The van der Waals surface area contributed by atoms with Crippen molar-refractivity contribution in [3.05, 3.63) is 22.0 Å². The van der Waals surface area contributed by atoms with Crippen LogP contribution in [0.3, 0.4) is 0 Å². The first-order valence-corrected chi connectivity index (χ1v) is 6.97. The fourth-order valence-corrected chi connectivity index (χ4v) is 2.29. The third-order valence-corrected chi connectivity index (χ3v) is 3.33. The topological polar surface area (TPSA) is 77.4 Å². The van der Waals surface area contributed by atoms with E-state index in [1.54, 1.807) is 27.7 Å². The van der Waals surface area contributed by atoms with Gasteiger partial charge in [-0.15, -0.1) is 0 Å². The lowest BCUT2D eigenvalue weighted by Crippen LogP contribution is -2.37. The highest BCUT2D eigenvalue weighted by Crippen LogP contribution is 2.27. The van der Waals surface area contributed by atoms with Gasteiger partial charge in [0.05, 0.1) is 12.3 Å². The van der Waals surface area contributed by atoms with Gasteiger partial charge in [0.2, 0.25) is 0 Å². The molecule has 21 heavy (non-hydrogen) atoms. The first-order chi connectivity index (χ1) is 9.72. The van der Waals surface area contributed by atoms with Crippen molar-refractivity contribution in [2.45, 2.75) is 33.7 Å². The van der Waals surface area contributed by atoms with E-state index in [-0.39, 0.29) is 29.1 Å². The van der Waals surface area contributed by atoms with E-state index in [9.17, 15) is 14.4 Å². The molecule has 1 heterocycles. The molecule has 1 N–H and O–H groups in total. The van der Waals surface area contributed by atoms with Crippen LogP contribution in [0.15, 0.2) is 0 Å². The van der Waals surface area contributed by atoms with Gasteiger partial charge in [0.15, 0.2) is 0 Å². The second kappa shape index (κ2) is 6.76. The van der Waals surface area contributed by atoms with Gasteiger partial charge >= 0.3 is 5.97 Å². The smallest absolute Gasteiger partial charge is 0.341 e. The fraction of sp³-hybridized carbons (Fsp3) is 0.500. The van der Waals surface area contributed by atoms with Crippen LogP contribution < -0.4 is 5.32 Å². The number of amides is 1. The summed E-state index contributed by atoms with van der Waals surface area (Å²) in [7, 11) is 1.52. The van der Waals surface area contributed by atoms with E-state index in [0.29, 0.717) is 5.56 Å². The van der Waals surface area contributed by atoms with Gasteiger partial charge in [-0.3, -0.25) is 9.59 Å². The van der Waals surface area contributed by atoms with E-state index in [1.165, 1.54) is 11.6 Å². The van der Waals surface area contributed by atoms with Crippen LogP contribution in [0.2, 0.25) is 5.15 Å². The Morgan fingerprint density at radius 3 is 2.38 bits per heavy atom. The molecule has 0 aliphatic heterocycles. The van der Waals surface area contributed by atoms with E-state index in [4.69, 9.17) is 16.3 Å². The van der Waals surface area contributed by atoms with Gasteiger partial charge in [-0.1, -0.05) is 11.6 Å². The van der Waals surface area contributed by atoms with Crippen molar-refractivity contribution in [3.63, 3.8) is 0 Å². The number of ketones is 1. The Morgan fingerprint density at radius 1 is 1.33 bits per heavy atom. The zero-order valence-electron chi connectivity index (χ0n) is 12.7. The number of esters is 1. The highest BCUT2D eigenvalue weighted by molar-refractivity contribution is 6.44. The third-order valence-electron chi connectivity index (χ3n) is 2.89. The van der Waals surface area contributed by atoms with Crippen molar-refractivity contribution in [2.75, 3.05) is 6.61 Å². The molecule has 1 amide bonds. The zero-order valence-corrected chi connectivity index (χ0v) is 13.5. The first-order valence-electron chi connectivity index (χ1n) is 6.59. The molecule has 0 atom stereocenters. The number of hydrogen-bond acceptors (Lipinski definition) is 4. The van der Waals surface area contributed by atoms with Crippen LogP contribution in [0.1, 0.15) is 47.2 Å². The standard InChI is InChI=1S/C14H19ClN2O4/c1-6-21-14(20)9-8(4)10(17(5)12(9)15)11(18)13(19)16-7(2)3/h7H,6H2,1-5H3,(H,16,19).